The average Bonchev–Trinajstić information content (AvgIpc) is 3.17. The van der Waals surface area contributed by atoms with E-state index >= 15 is 0 Å². The van der Waals surface area contributed by atoms with Crippen LogP contribution in [0.15, 0.2) is 45.2 Å². The molecule has 0 aliphatic carbocycles. The highest BCUT2D eigenvalue weighted by molar-refractivity contribution is 5.98. The van der Waals surface area contributed by atoms with Crippen LogP contribution in [-0.4, -0.2) is 15.0 Å². The maximum atomic E-state index is 5.74. The largest absolute Gasteiger partial charge is 0.461 e. The minimum atomic E-state index is 0.796. The first-order valence-electron chi connectivity index (χ1n) is 7.09. The van der Waals surface area contributed by atoms with Gasteiger partial charge in [-0.15, -0.1) is 0 Å². The topological polar surface area (TPSA) is 57.0 Å². The lowest BCUT2D eigenvalue weighted by Crippen LogP contribution is -1.91. The Kier molecular flexibility index (Phi) is 2.69. The molecule has 0 saturated carbocycles. The van der Waals surface area contributed by atoms with Crippen molar-refractivity contribution in [1.29, 1.82) is 0 Å². The summed E-state index contributed by atoms with van der Waals surface area (Å²) in [7, 11) is 1.81. The minimum Gasteiger partial charge on any atom is -0.461 e. The third-order valence-electron chi connectivity index (χ3n) is 3.65. The van der Waals surface area contributed by atoms with Gasteiger partial charge in [0, 0.05) is 18.2 Å². The van der Waals surface area contributed by atoms with Crippen molar-refractivity contribution < 1.29 is 8.83 Å². The van der Waals surface area contributed by atoms with Crippen molar-refractivity contribution in [3.8, 4) is 22.6 Å². The fraction of sp³-hybridized carbons (Fsp3) is 0.176. The zero-order valence-electron chi connectivity index (χ0n) is 12.6. The Labute approximate surface area is 127 Å². The zero-order chi connectivity index (χ0) is 15.3. The van der Waals surface area contributed by atoms with Crippen molar-refractivity contribution >= 4 is 11.0 Å². The number of fused-ring (bicyclic) bond motifs is 1. The maximum absolute atomic E-state index is 5.74. The molecular formula is C17H15N3O2. The highest BCUT2D eigenvalue weighted by Crippen LogP contribution is 2.34. The molecule has 4 rings (SSSR count). The van der Waals surface area contributed by atoms with Crippen LogP contribution in [0.25, 0.3) is 33.7 Å². The average molecular weight is 293 g/mol. The van der Waals surface area contributed by atoms with Crippen LogP contribution in [0, 0.1) is 13.8 Å². The van der Waals surface area contributed by atoms with E-state index in [2.05, 4.69) is 10.2 Å². The fourth-order valence-electron chi connectivity index (χ4n) is 2.65. The predicted molar refractivity (Wildman–Crippen MR) is 83.4 cm³/mol. The van der Waals surface area contributed by atoms with Crippen LogP contribution in [-0.2, 0) is 7.05 Å². The standard InChI is InChI=1S/C17H15N3O2/c1-10-4-8-14(21-10)12-6-7-13(15-9-5-11(2)22-15)17-16(12)18-20(3)19-17/h4-9H,1-3H3. The smallest absolute Gasteiger partial charge is 0.136 e. The minimum absolute atomic E-state index is 0.796. The lowest BCUT2D eigenvalue weighted by Gasteiger charge is -2.02. The van der Waals surface area contributed by atoms with Gasteiger partial charge < -0.3 is 8.83 Å². The summed E-state index contributed by atoms with van der Waals surface area (Å²) in [6.07, 6.45) is 0. The van der Waals surface area contributed by atoms with Crippen LogP contribution in [0.4, 0.5) is 0 Å². The molecule has 0 aliphatic heterocycles. The second-order valence-electron chi connectivity index (χ2n) is 5.37. The van der Waals surface area contributed by atoms with Crippen molar-refractivity contribution in [1.82, 2.24) is 15.0 Å². The van der Waals surface area contributed by atoms with E-state index in [9.17, 15) is 0 Å². The second-order valence-corrected chi connectivity index (χ2v) is 5.37. The molecule has 3 heterocycles. The van der Waals surface area contributed by atoms with E-state index in [1.54, 1.807) is 4.80 Å². The molecule has 0 unspecified atom stereocenters. The van der Waals surface area contributed by atoms with E-state index in [0.717, 1.165) is 45.2 Å². The van der Waals surface area contributed by atoms with Crippen LogP contribution >= 0.6 is 0 Å². The highest BCUT2D eigenvalue weighted by atomic mass is 16.3. The Hall–Kier alpha value is -2.82. The lowest BCUT2D eigenvalue weighted by atomic mass is 10.1. The van der Waals surface area contributed by atoms with Gasteiger partial charge in [-0.05, 0) is 50.2 Å². The third kappa shape index (κ3) is 1.94. The Bertz CT molecular complexity index is 898. The molecule has 0 radical (unpaired) electrons. The molecule has 0 spiro atoms. The van der Waals surface area contributed by atoms with E-state index in [1.807, 2.05) is 57.3 Å². The number of hydrogen-bond donors (Lipinski definition) is 0. The number of furan rings is 2. The zero-order valence-corrected chi connectivity index (χ0v) is 12.6. The van der Waals surface area contributed by atoms with Crippen LogP contribution in [0.3, 0.4) is 0 Å². The van der Waals surface area contributed by atoms with Crippen molar-refractivity contribution in [2.24, 2.45) is 7.05 Å². The molecular weight excluding hydrogens is 278 g/mol. The van der Waals surface area contributed by atoms with Crippen LogP contribution in [0.2, 0.25) is 0 Å². The molecule has 0 aliphatic rings. The second kappa shape index (κ2) is 4.59. The summed E-state index contributed by atoms with van der Waals surface area (Å²) in [4.78, 5) is 1.57. The summed E-state index contributed by atoms with van der Waals surface area (Å²) in [6.45, 7) is 3.86. The SMILES string of the molecule is Cc1ccc(-c2ccc(-c3ccc(C)o3)c3nn(C)nc23)o1. The Morgan fingerprint density at radius 2 is 1.18 bits per heavy atom. The molecule has 4 aromatic rings. The number of benzene rings is 1. The number of aryl methyl sites for hydroxylation is 3. The predicted octanol–water partition coefficient (Wildman–Crippen LogP) is 4.11. The van der Waals surface area contributed by atoms with Crippen molar-refractivity contribution in [2.75, 3.05) is 0 Å². The molecule has 0 atom stereocenters. The highest BCUT2D eigenvalue weighted by Gasteiger charge is 2.17. The Morgan fingerprint density at radius 1 is 0.727 bits per heavy atom. The van der Waals surface area contributed by atoms with E-state index in [1.165, 1.54) is 0 Å². The van der Waals surface area contributed by atoms with Gasteiger partial charge in [-0.1, -0.05) is 0 Å². The summed E-state index contributed by atoms with van der Waals surface area (Å²) in [5.74, 6) is 3.34. The molecule has 1 aromatic carbocycles. The summed E-state index contributed by atoms with van der Waals surface area (Å²) >= 11 is 0. The van der Waals surface area contributed by atoms with Gasteiger partial charge in [0.2, 0.25) is 0 Å². The molecule has 0 fully saturated rings. The normalized spacial score (nSPS) is 11.4. The van der Waals surface area contributed by atoms with Gasteiger partial charge in [-0.3, -0.25) is 0 Å². The van der Waals surface area contributed by atoms with E-state index in [-0.39, 0.29) is 0 Å². The molecule has 0 bridgehead atoms. The maximum Gasteiger partial charge on any atom is 0.136 e. The first kappa shape index (κ1) is 12.9. The Morgan fingerprint density at radius 3 is 1.55 bits per heavy atom. The van der Waals surface area contributed by atoms with Gasteiger partial charge in [-0.25, -0.2) is 0 Å². The van der Waals surface area contributed by atoms with E-state index < -0.39 is 0 Å². The summed E-state index contributed by atoms with van der Waals surface area (Å²) in [5.41, 5.74) is 3.48. The Balaban J connectivity index is 1.99. The van der Waals surface area contributed by atoms with Gasteiger partial charge in [0.15, 0.2) is 0 Å². The summed E-state index contributed by atoms with van der Waals surface area (Å²) in [6, 6.07) is 11.8. The number of rotatable bonds is 2. The fourth-order valence-corrected chi connectivity index (χ4v) is 2.65. The van der Waals surface area contributed by atoms with Crippen LogP contribution < -0.4 is 0 Å². The van der Waals surface area contributed by atoms with Crippen molar-refractivity contribution in [3.05, 3.63) is 47.9 Å². The summed E-state index contributed by atoms with van der Waals surface area (Å²) < 4.78 is 11.5. The number of aromatic nitrogens is 3. The van der Waals surface area contributed by atoms with Gasteiger partial charge in [0.25, 0.3) is 0 Å². The first-order valence-corrected chi connectivity index (χ1v) is 7.09. The first-order chi connectivity index (χ1) is 10.6. The molecule has 5 nitrogen and oxygen atoms in total. The quantitative estimate of drug-likeness (QED) is 0.558. The van der Waals surface area contributed by atoms with Crippen molar-refractivity contribution in [3.63, 3.8) is 0 Å². The van der Waals surface area contributed by atoms with Gasteiger partial charge >= 0.3 is 0 Å². The lowest BCUT2D eigenvalue weighted by molar-refractivity contribution is 0.547. The molecule has 0 saturated heterocycles. The summed E-state index contributed by atoms with van der Waals surface area (Å²) in [5, 5.41) is 8.99. The van der Waals surface area contributed by atoms with Gasteiger partial charge in [0.05, 0.1) is 0 Å². The van der Waals surface area contributed by atoms with E-state index in [4.69, 9.17) is 8.83 Å². The number of hydrogen-bond acceptors (Lipinski definition) is 4. The van der Waals surface area contributed by atoms with Gasteiger partial charge in [-0.2, -0.15) is 15.0 Å². The molecule has 22 heavy (non-hydrogen) atoms. The third-order valence-corrected chi connectivity index (χ3v) is 3.65. The monoisotopic (exact) mass is 293 g/mol. The van der Waals surface area contributed by atoms with E-state index in [0.29, 0.717) is 0 Å². The number of nitrogens with zero attached hydrogens (tertiary/aromatic N) is 3. The van der Waals surface area contributed by atoms with Crippen LogP contribution in [0.5, 0.6) is 0 Å². The molecule has 5 heteroatoms. The molecule has 0 amide bonds. The van der Waals surface area contributed by atoms with Gasteiger partial charge in [0.1, 0.15) is 34.1 Å². The van der Waals surface area contributed by atoms with Crippen LogP contribution in [0.1, 0.15) is 11.5 Å². The molecule has 110 valence electrons. The molecule has 0 N–H and O–H groups in total. The molecule has 3 aromatic heterocycles. The van der Waals surface area contributed by atoms with Crippen molar-refractivity contribution in [2.45, 2.75) is 13.8 Å².